The summed E-state index contributed by atoms with van der Waals surface area (Å²) in [7, 11) is -3.73. The molecule has 0 aliphatic heterocycles. The Bertz CT molecular complexity index is 957. The van der Waals surface area contributed by atoms with Gasteiger partial charge in [-0.2, -0.15) is 5.10 Å². The van der Waals surface area contributed by atoms with Crippen molar-refractivity contribution < 1.29 is 18.6 Å². The Kier molecular flexibility index (Phi) is 5.23. The van der Waals surface area contributed by atoms with E-state index in [0.29, 0.717) is 17.8 Å². The zero-order valence-electron chi connectivity index (χ0n) is 13.9. The van der Waals surface area contributed by atoms with Crippen molar-refractivity contribution in [2.24, 2.45) is 10.9 Å². The molecule has 0 unspecified atom stereocenters. The van der Waals surface area contributed by atoms with E-state index in [-0.39, 0.29) is 24.7 Å². The van der Waals surface area contributed by atoms with Gasteiger partial charge in [0.25, 0.3) is 0 Å². The summed E-state index contributed by atoms with van der Waals surface area (Å²) in [5.41, 5.74) is 4.49. The molecule has 0 fully saturated rings. The van der Waals surface area contributed by atoms with E-state index in [9.17, 15) is 8.42 Å². The molecule has 3 rings (SSSR count). The summed E-state index contributed by atoms with van der Waals surface area (Å²) < 4.78 is 26.9. The molecule has 2 aromatic rings. The molecule has 0 heterocycles. The lowest BCUT2D eigenvalue weighted by atomic mass is 10.1. The van der Waals surface area contributed by atoms with Crippen molar-refractivity contribution in [1.29, 1.82) is 0 Å². The van der Waals surface area contributed by atoms with E-state index in [2.05, 4.69) is 15.1 Å². The van der Waals surface area contributed by atoms with Crippen LogP contribution in [0.5, 0.6) is 0 Å². The lowest BCUT2D eigenvalue weighted by Gasteiger charge is -2.07. The van der Waals surface area contributed by atoms with E-state index < -0.39 is 10.0 Å². The van der Waals surface area contributed by atoms with Crippen LogP contribution in [0.15, 0.2) is 46.4 Å². The minimum Gasteiger partial charge on any atom is -0.395 e. The van der Waals surface area contributed by atoms with E-state index >= 15 is 0 Å². The highest BCUT2D eigenvalue weighted by Crippen LogP contribution is 2.39. The maximum Gasteiger partial charge on any atom is 0.240 e. The highest BCUT2D eigenvalue weighted by atomic mass is 32.2. The number of rotatable bonds is 7. The Hall–Kier alpha value is -2.46. The van der Waals surface area contributed by atoms with Gasteiger partial charge in [-0.05, 0) is 35.4 Å². The molecule has 0 amide bonds. The summed E-state index contributed by atoms with van der Waals surface area (Å²) in [5, 5.41) is 24.7. The van der Waals surface area contributed by atoms with E-state index in [1.165, 1.54) is 12.1 Å². The first-order valence-electron chi connectivity index (χ1n) is 8.04. The van der Waals surface area contributed by atoms with Crippen LogP contribution in [-0.4, -0.2) is 50.6 Å². The van der Waals surface area contributed by atoms with Gasteiger partial charge in [0, 0.05) is 29.9 Å². The van der Waals surface area contributed by atoms with Crippen LogP contribution in [0.4, 0.5) is 5.69 Å². The Labute approximate surface area is 151 Å². The molecule has 0 bridgehead atoms. The molecule has 26 heavy (non-hydrogen) atoms. The van der Waals surface area contributed by atoms with E-state index in [1.54, 1.807) is 6.07 Å². The number of nitrogens with zero attached hydrogens (tertiary/aromatic N) is 1. The van der Waals surface area contributed by atoms with Crippen LogP contribution in [0, 0.1) is 0 Å². The smallest absolute Gasteiger partial charge is 0.240 e. The minimum absolute atomic E-state index is 0.0111. The summed E-state index contributed by atoms with van der Waals surface area (Å²) in [4.78, 5) is 0.0808. The molecule has 0 saturated heterocycles. The fraction of sp³-hybridized carbons (Fsp3) is 0.235. The number of sulfonamides is 1. The number of hydrogen-bond acceptors (Lipinski definition) is 7. The fourth-order valence-corrected chi connectivity index (χ4v) is 4.00. The number of benzene rings is 2. The average molecular weight is 376 g/mol. The van der Waals surface area contributed by atoms with Crippen LogP contribution < -0.4 is 15.9 Å². The maximum absolute atomic E-state index is 12.3. The van der Waals surface area contributed by atoms with Gasteiger partial charge < -0.3 is 21.4 Å². The first-order valence-corrected chi connectivity index (χ1v) is 9.52. The normalized spacial score (nSPS) is 14.3. The second-order valence-corrected chi connectivity index (χ2v) is 7.48. The topological polar surface area (TPSA) is 137 Å². The zero-order chi connectivity index (χ0) is 18.7. The van der Waals surface area contributed by atoms with Gasteiger partial charge in [0.15, 0.2) is 0 Å². The first kappa shape index (κ1) is 18.3. The van der Waals surface area contributed by atoms with Crippen molar-refractivity contribution in [3.8, 4) is 11.1 Å². The second-order valence-electron chi connectivity index (χ2n) is 5.72. The molecule has 0 saturated carbocycles. The number of aliphatic hydroxyl groups is 2. The fourth-order valence-electron chi connectivity index (χ4n) is 2.95. The number of fused-ring (bicyclic) bond motifs is 3. The molecule has 0 radical (unpaired) electrons. The summed E-state index contributed by atoms with van der Waals surface area (Å²) in [5.74, 6) is 5.58. The molecule has 6 N–H and O–H groups in total. The number of hydrogen-bond donors (Lipinski definition) is 5. The monoisotopic (exact) mass is 376 g/mol. The zero-order valence-corrected chi connectivity index (χ0v) is 14.8. The van der Waals surface area contributed by atoms with Gasteiger partial charge in [-0.25, -0.2) is 13.1 Å². The Morgan fingerprint density at radius 2 is 1.58 bits per heavy atom. The lowest BCUT2D eigenvalue weighted by Crippen LogP contribution is -2.26. The Morgan fingerprint density at radius 3 is 2.23 bits per heavy atom. The molecule has 9 heteroatoms. The maximum atomic E-state index is 12.3. The van der Waals surface area contributed by atoms with E-state index in [4.69, 9.17) is 16.1 Å². The van der Waals surface area contributed by atoms with Crippen LogP contribution in [0.25, 0.3) is 11.1 Å². The van der Waals surface area contributed by atoms with Crippen molar-refractivity contribution in [3.63, 3.8) is 0 Å². The Balaban J connectivity index is 2.03. The molecule has 8 nitrogen and oxygen atoms in total. The lowest BCUT2D eigenvalue weighted by molar-refractivity contribution is 0.301. The van der Waals surface area contributed by atoms with Gasteiger partial charge in [0.05, 0.1) is 23.8 Å². The van der Waals surface area contributed by atoms with Crippen molar-refractivity contribution in [2.45, 2.75) is 4.90 Å². The summed E-state index contributed by atoms with van der Waals surface area (Å²) >= 11 is 0. The molecular weight excluding hydrogens is 356 g/mol. The largest absolute Gasteiger partial charge is 0.395 e. The van der Waals surface area contributed by atoms with Crippen LogP contribution in [0.1, 0.15) is 11.1 Å². The predicted molar refractivity (Wildman–Crippen MR) is 99.6 cm³/mol. The minimum atomic E-state index is -3.73. The number of nitrogens with two attached hydrogens (primary N) is 1. The van der Waals surface area contributed by atoms with E-state index in [0.717, 1.165) is 22.4 Å². The number of anilines is 1. The average Bonchev–Trinajstić information content (AvgIpc) is 2.96. The van der Waals surface area contributed by atoms with Crippen LogP contribution in [-0.2, 0) is 10.0 Å². The highest BCUT2D eigenvalue weighted by molar-refractivity contribution is 7.89. The van der Waals surface area contributed by atoms with Crippen molar-refractivity contribution in [2.75, 3.05) is 31.6 Å². The first-order chi connectivity index (χ1) is 12.5. The van der Waals surface area contributed by atoms with Gasteiger partial charge in [-0.15, -0.1) is 0 Å². The predicted octanol–water partition coefficient (Wildman–Crippen LogP) is 0.0529. The van der Waals surface area contributed by atoms with Gasteiger partial charge in [0.2, 0.25) is 10.0 Å². The van der Waals surface area contributed by atoms with Crippen LogP contribution >= 0.6 is 0 Å². The number of hydrazone groups is 1. The molecule has 2 aromatic carbocycles. The standard InChI is InChI=1S/C17H20N4O4S/c18-21-17-15-9-11(19-5-7-22)1-3-13(15)14-4-2-12(10-16(14)17)26(24,25)20-6-8-23/h1-4,9-10,19-20,22-23H,5-8,18H2/b21-17+. The second kappa shape index (κ2) is 7.42. The van der Waals surface area contributed by atoms with E-state index in [1.807, 2.05) is 18.2 Å². The summed E-state index contributed by atoms with van der Waals surface area (Å²) in [6.07, 6.45) is 0. The number of aliphatic hydroxyl groups excluding tert-OH is 2. The molecule has 1 aliphatic rings. The van der Waals surface area contributed by atoms with Crippen LogP contribution in [0.2, 0.25) is 0 Å². The van der Waals surface area contributed by atoms with Crippen molar-refractivity contribution >= 4 is 21.4 Å². The van der Waals surface area contributed by atoms with Gasteiger partial charge in [-0.1, -0.05) is 12.1 Å². The molecule has 138 valence electrons. The SMILES string of the molecule is N/N=C1\c2cc(NCCO)ccc2-c2ccc(S(=O)(=O)NCCO)cc21. The summed E-state index contributed by atoms with van der Waals surface area (Å²) in [6, 6.07) is 10.4. The van der Waals surface area contributed by atoms with Gasteiger partial charge in [0.1, 0.15) is 0 Å². The third kappa shape index (κ3) is 3.29. The quantitative estimate of drug-likeness (QED) is 0.292. The van der Waals surface area contributed by atoms with Gasteiger partial charge >= 0.3 is 0 Å². The molecular formula is C17H20N4O4S. The number of nitrogens with one attached hydrogen (secondary N) is 2. The molecule has 0 spiro atoms. The molecule has 1 aliphatic carbocycles. The summed E-state index contributed by atoms with van der Waals surface area (Å²) in [6.45, 7) is 0.0864. The highest BCUT2D eigenvalue weighted by Gasteiger charge is 2.27. The molecule has 0 aromatic heterocycles. The molecule has 0 atom stereocenters. The van der Waals surface area contributed by atoms with Gasteiger partial charge in [-0.3, -0.25) is 0 Å². The van der Waals surface area contributed by atoms with Crippen LogP contribution in [0.3, 0.4) is 0 Å². The van der Waals surface area contributed by atoms with Crippen molar-refractivity contribution in [1.82, 2.24) is 4.72 Å². The third-order valence-corrected chi connectivity index (χ3v) is 5.55. The third-order valence-electron chi connectivity index (χ3n) is 4.10. The Morgan fingerprint density at radius 1 is 0.923 bits per heavy atom. The van der Waals surface area contributed by atoms with Crippen molar-refractivity contribution in [3.05, 3.63) is 47.5 Å².